The first-order valence-electron chi connectivity index (χ1n) is 5.04. The Bertz CT molecular complexity index is 226. The van der Waals surface area contributed by atoms with E-state index < -0.39 is 12.1 Å². The number of carboxylic acids is 1. The van der Waals surface area contributed by atoms with Crippen LogP contribution >= 0.6 is 0 Å². The highest BCUT2D eigenvalue weighted by molar-refractivity contribution is 5.67. The van der Waals surface area contributed by atoms with Crippen LogP contribution in [0.1, 0.15) is 32.6 Å². The maximum absolute atomic E-state index is 10.7. The van der Waals surface area contributed by atoms with Crippen LogP contribution < -0.4 is 0 Å². The second-order valence-corrected chi connectivity index (χ2v) is 4.06. The summed E-state index contributed by atoms with van der Waals surface area (Å²) < 4.78 is 4.98. The van der Waals surface area contributed by atoms with Gasteiger partial charge in [-0.1, -0.05) is 0 Å². The summed E-state index contributed by atoms with van der Waals surface area (Å²) in [7, 11) is 0. The molecule has 3 unspecified atom stereocenters. The lowest BCUT2D eigenvalue weighted by molar-refractivity contribution is -0.151. The molecule has 5 heteroatoms. The number of esters is 1. The van der Waals surface area contributed by atoms with Gasteiger partial charge in [0.15, 0.2) is 0 Å². The van der Waals surface area contributed by atoms with E-state index >= 15 is 0 Å². The Morgan fingerprint density at radius 3 is 2.53 bits per heavy atom. The number of rotatable bonds is 3. The fourth-order valence-corrected chi connectivity index (χ4v) is 2.09. The first kappa shape index (κ1) is 12.0. The molecule has 1 aliphatic rings. The van der Waals surface area contributed by atoms with Gasteiger partial charge in [0.05, 0.1) is 6.10 Å². The Morgan fingerprint density at radius 1 is 1.33 bits per heavy atom. The van der Waals surface area contributed by atoms with E-state index in [2.05, 4.69) is 0 Å². The lowest BCUT2D eigenvalue weighted by Crippen LogP contribution is -2.33. The van der Waals surface area contributed by atoms with Gasteiger partial charge in [-0.25, -0.2) is 0 Å². The number of aliphatic hydroxyl groups excluding tert-OH is 1. The Kier molecular flexibility index (Phi) is 4.08. The van der Waals surface area contributed by atoms with Crippen LogP contribution in [0.2, 0.25) is 0 Å². The molecular weight excluding hydrogens is 200 g/mol. The minimum atomic E-state index is -0.879. The third-order valence-corrected chi connectivity index (χ3v) is 2.53. The van der Waals surface area contributed by atoms with Crippen molar-refractivity contribution in [2.45, 2.75) is 44.8 Å². The van der Waals surface area contributed by atoms with Crippen molar-refractivity contribution in [2.75, 3.05) is 0 Å². The number of aliphatic hydroxyl groups is 1. The van der Waals surface area contributed by atoms with E-state index in [1.807, 2.05) is 0 Å². The zero-order chi connectivity index (χ0) is 11.4. The van der Waals surface area contributed by atoms with Crippen LogP contribution in [0, 0.1) is 5.92 Å². The smallest absolute Gasteiger partial charge is 0.303 e. The number of carbonyl (C=O) groups excluding carboxylic acids is 1. The molecule has 3 atom stereocenters. The second kappa shape index (κ2) is 5.11. The summed E-state index contributed by atoms with van der Waals surface area (Å²) in [5.41, 5.74) is 0. The fraction of sp³-hybridized carbons (Fsp3) is 0.800. The molecule has 0 bridgehead atoms. The molecule has 0 saturated heterocycles. The predicted molar refractivity (Wildman–Crippen MR) is 51.2 cm³/mol. The van der Waals surface area contributed by atoms with Gasteiger partial charge in [-0.15, -0.1) is 0 Å². The quantitative estimate of drug-likeness (QED) is 0.673. The van der Waals surface area contributed by atoms with Gasteiger partial charge in [0.25, 0.3) is 0 Å². The molecule has 86 valence electrons. The molecule has 15 heavy (non-hydrogen) atoms. The summed E-state index contributed by atoms with van der Waals surface area (Å²) in [5.74, 6) is -1.37. The summed E-state index contributed by atoms with van der Waals surface area (Å²) in [5, 5.41) is 18.1. The molecule has 0 heterocycles. The maximum atomic E-state index is 10.7. The minimum Gasteiger partial charge on any atom is -0.481 e. The van der Waals surface area contributed by atoms with Crippen LogP contribution in [-0.2, 0) is 14.3 Å². The lowest BCUT2D eigenvalue weighted by atomic mass is 9.83. The molecule has 1 rings (SSSR count). The van der Waals surface area contributed by atoms with Gasteiger partial charge < -0.3 is 14.9 Å². The minimum absolute atomic E-state index is 0.0226. The largest absolute Gasteiger partial charge is 0.481 e. The van der Waals surface area contributed by atoms with Gasteiger partial charge >= 0.3 is 11.9 Å². The molecule has 2 N–H and O–H groups in total. The highest BCUT2D eigenvalue weighted by Gasteiger charge is 2.30. The van der Waals surface area contributed by atoms with E-state index in [-0.39, 0.29) is 24.4 Å². The number of carbonyl (C=O) groups is 2. The fourth-order valence-electron chi connectivity index (χ4n) is 2.09. The lowest BCUT2D eigenvalue weighted by Gasteiger charge is -2.31. The molecule has 0 aromatic heterocycles. The van der Waals surface area contributed by atoms with Crippen LogP contribution in [0.25, 0.3) is 0 Å². The van der Waals surface area contributed by atoms with E-state index in [1.165, 1.54) is 6.92 Å². The van der Waals surface area contributed by atoms with Gasteiger partial charge in [0.1, 0.15) is 6.10 Å². The standard InChI is InChI=1S/C10H16O5/c1-6(11)15-9-3-7(4-10(13)14)2-8(12)5-9/h7-9,12H,2-5H2,1H3,(H,13,14). The van der Waals surface area contributed by atoms with Gasteiger partial charge in [0.2, 0.25) is 0 Å². The first-order valence-corrected chi connectivity index (χ1v) is 5.04. The van der Waals surface area contributed by atoms with Crippen molar-refractivity contribution in [3.05, 3.63) is 0 Å². The average molecular weight is 216 g/mol. The average Bonchev–Trinajstić information content (AvgIpc) is 1.98. The summed E-state index contributed by atoms with van der Waals surface area (Å²) in [6, 6.07) is 0. The molecular formula is C10H16O5. The van der Waals surface area contributed by atoms with Crippen molar-refractivity contribution >= 4 is 11.9 Å². The number of aliphatic carboxylic acids is 1. The Hall–Kier alpha value is -1.10. The van der Waals surface area contributed by atoms with E-state index in [0.29, 0.717) is 19.3 Å². The van der Waals surface area contributed by atoms with E-state index in [0.717, 1.165) is 0 Å². The topological polar surface area (TPSA) is 83.8 Å². The van der Waals surface area contributed by atoms with E-state index in [9.17, 15) is 14.7 Å². The van der Waals surface area contributed by atoms with Crippen molar-refractivity contribution in [3.63, 3.8) is 0 Å². The highest BCUT2D eigenvalue weighted by atomic mass is 16.5. The highest BCUT2D eigenvalue weighted by Crippen LogP contribution is 2.29. The normalized spacial score (nSPS) is 30.9. The number of carboxylic acid groups (broad SMARTS) is 1. The van der Waals surface area contributed by atoms with Crippen LogP contribution in [0.4, 0.5) is 0 Å². The second-order valence-electron chi connectivity index (χ2n) is 4.06. The van der Waals surface area contributed by atoms with Crippen molar-refractivity contribution in [1.82, 2.24) is 0 Å². The maximum Gasteiger partial charge on any atom is 0.303 e. The number of ether oxygens (including phenoxy) is 1. The Morgan fingerprint density at radius 2 is 2.00 bits per heavy atom. The molecule has 0 aromatic carbocycles. The zero-order valence-corrected chi connectivity index (χ0v) is 8.68. The SMILES string of the molecule is CC(=O)OC1CC(O)CC(CC(=O)O)C1. The molecule has 0 aromatic rings. The third-order valence-electron chi connectivity index (χ3n) is 2.53. The number of hydrogen-bond donors (Lipinski definition) is 2. The third kappa shape index (κ3) is 4.29. The van der Waals surface area contributed by atoms with Gasteiger partial charge in [-0.05, 0) is 18.8 Å². The summed E-state index contributed by atoms with van der Waals surface area (Å²) in [6.07, 6.45) is 0.542. The molecule has 0 radical (unpaired) electrons. The Labute approximate surface area is 88.0 Å². The summed E-state index contributed by atoms with van der Waals surface area (Å²) in [4.78, 5) is 21.2. The van der Waals surface area contributed by atoms with Gasteiger partial charge in [-0.2, -0.15) is 0 Å². The summed E-state index contributed by atoms with van der Waals surface area (Å²) in [6.45, 7) is 1.31. The number of hydrogen-bond acceptors (Lipinski definition) is 4. The molecule has 0 aliphatic heterocycles. The van der Waals surface area contributed by atoms with Crippen LogP contribution in [-0.4, -0.2) is 34.4 Å². The van der Waals surface area contributed by atoms with Crippen LogP contribution in [0.3, 0.4) is 0 Å². The van der Waals surface area contributed by atoms with Crippen molar-refractivity contribution in [3.8, 4) is 0 Å². The van der Waals surface area contributed by atoms with Crippen LogP contribution in [0.15, 0.2) is 0 Å². The van der Waals surface area contributed by atoms with E-state index in [1.54, 1.807) is 0 Å². The van der Waals surface area contributed by atoms with Gasteiger partial charge in [-0.3, -0.25) is 9.59 Å². The molecule has 0 spiro atoms. The molecule has 1 fully saturated rings. The molecule has 1 saturated carbocycles. The van der Waals surface area contributed by atoms with Crippen LogP contribution in [0.5, 0.6) is 0 Å². The van der Waals surface area contributed by atoms with Crippen molar-refractivity contribution < 1.29 is 24.5 Å². The van der Waals surface area contributed by atoms with E-state index in [4.69, 9.17) is 9.84 Å². The zero-order valence-electron chi connectivity index (χ0n) is 8.68. The predicted octanol–water partition coefficient (Wildman–Crippen LogP) is 0.554. The monoisotopic (exact) mass is 216 g/mol. The molecule has 5 nitrogen and oxygen atoms in total. The first-order chi connectivity index (χ1) is 6.97. The van der Waals surface area contributed by atoms with Crippen molar-refractivity contribution in [2.24, 2.45) is 5.92 Å². The van der Waals surface area contributed by atoms with Gasteiger partial charge in [0, 0.05) is 19.8 Å². The summed E-state index contributed by atoms with van der Waals surface area (Å²) >= 11 is 0. The Balaban J connectivity index is 2.47. The van der Waals surface area contributed by atoms with Crippen molar-refractivity contribution in [1.29, 1.82) is 0 Å². The molecule has 1 aliphatic carbocycles. The molecule has 0 amide bonds.